The van der Waals surface area contributed by atoms with Crippen molar-refractivity contribution in [1.29, 1.82) is 0 Å². The Labute approximate surface area is 104 Å². The topological polar surface area (TPSA) is 80.7 Å². The smallest absolute Gasteiger partial charge is 0.0916 e. The molecular weight excluding hydrogens is 244 g/mol. The van der Waals surface area contributed by atoms with E-state index in [9.17, 15) is 0 Å². The lowest BCUT2D eigenvalue weighted by Crippen LogP contribution is -2.57. The molecule has 0 bridgehead atoms. The zero-order valence-corrected chi connectivity index (χ0v) is 11.7. The van der Waals surface area contributed by atoms with Crippen molar-refractivity contribution in [3.8, 4) is 0 Å². The summed E-state index contributed by atoms with van der Waals surface area (Å²) in [4.78, 5) is 2.34. The molecule has 7 heteroatoms. The quantitative estimate of drug-likeness (QED) is 0.520. The molecule has 0 aromatic heterocycles. The van der Waals surface area contributed by atoms with Crippen molar-refractivity contribution in [1.82, 2.24) is 4.90 Å². The minimum atomic E-state index is -3.92. The van der Waals surface area contributed by atoms with E-state index in [1.807, 2.05) is 0 Å². The van der Waals surface area contributed by atoms with Crippen LogP contribution in [0.15, 0.2) is 0 Å². The molecule has 1 fully saturated rings. The maximum absolute atomic E-state index is 9.08. The largest absolute Gasteiger partial charge is 0.748 e. The summed E-state index contributed by atoms with van der Waals surface area (Å²) in [7, 11) is -1.60. The number of quaternary nitrogens is 1. The number of hydrogen-bond donors (Lipinski definition) is 1. The molecule has 1 aliphatic rings. The summed E-state index contributed by atoms with van der Waals surface area (Å²) in [6.45, 7) is 9.39. The van der Waals surface area contributed by atoms with E-state index in [1.165, 1.54) is 24.1 Å². The molecule has 0 saturated carbocycles. The molecule has 0 aromatic rings. The third-order valence-corrected chi connectivity index (χ3v) is 3.09. The Balaban J connectivity index is 0.000000437. The number of aliphatic hydroxyl groups is 1. The minimum Gasteiger partial charge on any atom is -0.748 e. The number of nitrogens with zero attached hydrogens (tertiary/aromatic N) is 2. The molecule has 0 spiro atoms. The van der Waals surface area contributed by atoms with Gasteiger partial charge in [0.05, 0.1) is 43.4 Å². The van der Waals surface area contributed by atoms with Gasteiger partial charge in [-0.2, -0.15) is 0 Å². The van der Waals surface area contributed by atoms with Gasteiger partial charge in [-0.1, -0.05) is 0 Å². The fourth-order valence-electron chi connectivity index (χ4n) is 1.67. The number of β-amino-alcohol motifs (C(OH)–C–C–N with tert-alkyl or cyclic N) is 1. The molecule has 0 aliphatic carbocycles. The molecule has 1 N–H and O–H groups in total. The number of aliphatic hydroxyl groups excluding tert-OH is 1. The highest BCUT2D eigenvalue weighted by Crippen LogP contribution is 2.08. The van der Waals surface area contributed by atoms with Crippen LogP contribution in [0.5, 0.6) is 0 Å². The van der Waals surface area contributed by atoms with Gasteiger partial charge in [0.15, 0.2) is 0 Å². The number of hydrogen-bond acceptors (Lipinski definition) is 5. The SMILES string of the molecule is CC[N+]1(C)CCN(CCO)CC1.CS(=O)(=O)[O-]. The first-order valence-electron chi connectivity index (χ1n) is 5.78. The highest BCUT2D eigenvalue weighted by Gasteiger charge is 2.25. The molecule has 1 saturated heterocycles. The first kappa shape index (κ1) is 16.8. The number of likely N-dealkylation sites (N-methyl/N-ethyl adjacent to an activating group) is 1. The average molecular weight is 268 g/mol. The second kappa shape index (κ2) is 7.27. The van der Waals surface area contributed by atoms with Crippen LogP contribution in [0.2, 0.25) is 0 Å². The zero-order valence-electron chi connectivity index (χ0n) is 10.9. The standard InChI is InChI=1S/C9H21N2O.CH4O3S/c1-3-11(2)7-4-10(5-8-11)6-9-12;1-5(2,3)4/h12H,3-9H2,1-2H3;1H3,(H,2,3,4)/q+1;/p-1. The van der Waals surface area contributed by atoms with Crippen LogP contribution in [-0.4, -0.2) is 86.6 Å². The summed E-state index contributed by atoms with van der Waals surface area (Å²) in [5.41, 5.74) is 0. The Morgan fingerprint density at radius 2 is 1.76 bits per heavy atom. The molecule has 6 nitrogen and oxygen atoms in total. The van der Waals surface area contributed by atoms with Crippen molar-refractivity contribution in [3.63, 3.8) is 0 Å². The van der Waals surface area contributed by atoms with Crippen molar-refractivity contribution in [3.05, 3.63) is 0 Å². The second-order valence-electron chi connectivity index (χ2n) is 4.65. The van der Waals surface area contributed by atoms with Crippen LogP contribution in [0.3, 0.4) is 0 Å². The Bertz CT molecular complexity index is 289. The molecule has 104 valence electrons. The normalized spacial score (nSPS) is 20.5. The Morgan fingerprint density at radius 3 is 2.06 bits per heavy atom. The molecule has 1 heterocycles. The molecule has 0 atom stereocenters. The molecule has 17 heavy (non-hydrogen) atoms. The van der Waals surface area contributed by atoms with Crippen LogP contribution < -0.4 is 0 Å². The average Bonchev–Trinajstić information content (AvgIpc) is 2.20. The predicted molar refractivity (Wildman–Crippen MR) is 65.6 cm³/mol. The van der Waals surface area contributed by atoms with Crippen LogP contribution in [0, 0.1) is 0 Å². The van der Waals surface area contributed by atoms with Gasteiger partial charge in [-0.05, 0) is 6.92 Å². The van der Waals surface area contributed by atoms with Gasteiger partial charge >= 0.3 is 0 Å². The van der Waals surface area contributed by atoms with Crippen molar-refractivity contribution in [2.75, 3.05) is 59.2 Å². The van der Waals surface area contributed by atoms with Gasteiger partial charge in [0, 0.05) is 25.9 Å². The fraction of sp³-hybridized carbons (Fsp3) is 1.00. The maximum atomic E-state index is 9.08. The Hall–Kier alpha value is -0.210. The first-order valence-corrected chi connectivity index (χ1v) is 7.59. The third-order valence-electron chi connectivity index (χ3n) is 3.09. The number of rotatable bonds is 3. The molecule has 0 amide bonds. The van der Waals surface area contributed by atoms with Gasteiger partial charge < -0.3 is 14.1 Å². The third kappa shape index (κ3) is 9.49. The van der Waals surface area contributed by atoms with Crippen molar-refractivity contribution in [2.24, 2.45) is 0 Å². The van der Waals surface area contributed by atoms with Gasteiger partial charge in [0.2, 0.25) is 0 Å². The highest BCUT2D eigenvalue weighted by molar-refractivity contribution is 7.84. The van der Waals surface area contributed by atoms with E-state index in [1.54, 1.807) is 0 Å². The van der Waals surface area contributed by atoms with E-state index in [2.05, 4.69) is 18.9 Å². The summed E-state index contributed by atoms with van der Waals surface area (Å²) >= 11 is 0. The summed E-state index contributed by atoms with van der Waals surface area (Å²) in [5.74, 6) is 0. The van der Waals surface area contributed by atoms with Crippen LogP contribution in [0.25, 0.3) is 0 Å². The number of piperazine rings is 1. The van der Waals surface area contributed by atoms with Crippen molar-refractivity contribution >= 4 is 10.1 Å². The van der Waals surface area contributed by atoms with Gasteiger partial charge in [-0.3, -0.25) is 4.90 Å². The zero-order chi connectivity index (χ0) is 13.5. The summed E-state index contributed by atoms with van der Waals surface area (Å²) in [5, 5.41) is 8.76. The minimum absolute atomic E-state index is 0.301. The van der Waals surface area contributed by atoms with E-state index in [-0.39, 0.29) is 0 Å². The van der Waals surface area contributed by atoms with E-state index in [0.717, 1.165) is 19.6 Å². The molecular formula is C10H24N2O4S. The molecule has 1 rings (SSSR count). The summed E-state index contributed by atoms with van der Waals surface area (Å²) in [6.07, 6.45) is 0.604. The summed E-state index contributed by atoms with van der Waals surface area (Å²) in [6, 6.07) is 0. The maximum Gasteiger partial charge on any atom is 0.0916 e. The van der Waals surface area contributed by atoms with E-state index in [0.29, 0.717) is 12.9 Å². The molecule has 0 radical (unpaired) electrons. The fourth-order valence-corrected chi connectivity index (χ4v) is 1.67. The van der Waals surface area contributed by atoms with Crippen molar-refractivity contribution in [2.45, 2.75) is 6.92 Å². The van der Waals surface area contributed by atoms with Crippen LogP contribution in [0.1, 0.15) is 6.92 Å². The lowest BCUT2D eigenvalue weighted by molar-refractivity contribution is -0.911. The van der Waals surface area contributed by atoms with Crippen LogP contribution in [-0.2, 0) is 10.1 Å². The van der Waals surface area contributed by atoms with Gasteiger partial charge in [-0.15, -0.1) is 0 Å². The van der Waals surface area contributed by atoms with Gasteiger partial charge in [0.1, 0.15) is 0 Å². The van der Waals surface area contributed by atoms with E-state index < -0.39 is 10.1 Å². The monoisotopic (exact) mass is 268 g/mol. The summed E-state index contributed by atoms with van der Waals surface area (Å²) < 4.78 is 28.4. The van der Waals surface area contributed by atoms with Crippen molar-refractivity contribution < 1.29 is 22.6 Å². The lowest BCUT2D eigenvalue weighted by atomic mass is 10.2. The second-order valence-corrected chi connectivity index (χ2v) is 6.06. The molecule has 1 aliphatic heterocycles. The first-order chi connectivity index (χ1) is 7.70. The highest BCUT2D eigenvalue weighted by atomic mass is 32.2. The van der Waals surface area contributed by atoms with Gasteiger partial charge in [-0.25, -0.2) is 8.42 Å². The van der Waals surface area contributed by atoms with Gasteiger partial charge in [0.25, 0.3) is 0 Å². The Morgan fingerprint density at radius 1 is 1.35 bits per heavy atom. The Kier molecular flexibility index (Phi) is 7.18. The van der Waals surface area contributed by atoms with E-state index >= 15 is 0 Å². The van der Waals surface area contributed by atoms with Crippen LogP contribution in [0.4, 0.5) is 0 Å². The predicted octanol–water partition coefficient (Wildman–Crippen LogP) is -1.08. The lowest BCUT2D eigenvalue weighted by Gasteiger charge is -2.41. The molecule has 0 unspecified atom stereocenters. The molecule has 0 aromatic carbocycles. The van der Waals surface area contributed by atoms with E-state index in [4.69, 9.17) is 18.1 Å². The van der Waals surface area contributed by atoms with Crippen LogP contribution >= 0.6 is 0 Å².